The molecule has 0 aromatic heterocycles. The van der Waals surface area contributed by atoms with Crippen molar-refractivity contribution in [2.24, 2.45) is 0 Å². The van der Waals surface area contributed by atoms with Crippen LogP contribution < -0.4 is 14.4 Å². The first-order chi connectivity index (χ1) is 12.9. The molecule has 28 heavy (non-hydrogen) atoms. The number of benzene rings is 2. The molecule has 0 fully saturated rings. The molecule has 0 aliphatic carbocycles. The van der Waals surface area contributed by atoms with Crippen LogP contribution in [0.1, 0.15) is 21.5 Å². The summed E-state index contributed by atoms with van der Waals surface area (Å²) in [4.78, 5) is 13.5. The Labute approximate surface area is 156 Å². The summed E-state index contributed by atoms with van der Waals surface area (Å²) in [5, 5.41) is 0. The normalized spacial score (nSPS) is 11.9. The van der Waals surface area contributed by atoms with Crippen LogP contribution in [-0.2, 0) is 12.4 Å². The molecular formula is C18H15F6NO3. The molecule has 0 bridgehead atoms. The Morgan fingerprint density at radius 2 is 1.32 bits per heavy atom. The summed E-state index contributed by atoms with van der Waals surface area (Å²) in [5.74, 6) is -0.478. The Bertz CT molecular complexity index is 844. The number of rotatable bonds is 4. The summed E-state index contributed by atoms with van der Waals surface area (Å²) in [6.07, 6.45) is -10.1. The van der Waals surface area contributed by atoms with Crippen LogP contribution in [0.3, 0.4) is 0 Å². The zero-order valence-corrected chi connectivity index (χ0v) is 14.9. The van der Waals surface area contributed by atoms with Crippen molar-refractivity contribution in [1.82, 2.24) is 0 Å². The number of carbonyl (C=O) groups is 1. The average molecular weight is 407 g/mol. The van der Waals surface area contributed by atoms with Crippen LogP contribution in [0.5, 0.6) is 11.5 Å². The standard InChI is InChI=1S/C18H15F6NO3/c1-25(13-4-5-14(27-2)15(9-13)28-3)16(26)10-6-11(17(19,20)21)8-12(7-10)18(22,23)24/h4-9H,1-3H3. The minimum absolute atomic E-state index is 0.0345. The summed E-state index contributed by atoms with van der Waals surface area (Å²) in [5.41, 5.74) is -3.69. The van der Waals surface area contributed by atoms with Crippen LogP contribution >= 0.6 is 0 Å². The van der Waals surface area contributed by atoms with E-state index in [1.165, 1.54) is 39.5 Å². The fourth-order valence-corrected chi connectivity index (χ4v) is 2.42. The van der Waals surface area contributed by atoms with Crippen molar-refractivity contribution in [3.63, 3.8) is 0 Å². The Balaban J connectivity index is 2.50. The second-order valence-electron chi connectivity index (χ2n) is 5.70. The van der Waals surface area contributed by atoms with Gasteiger partial charge < -0.3 is 14.4 Å². The van der Waals surface area contributed by atoms with Crippen LogP contribution in [-0.4, -0.2) is 27.2 Å². The number of halogens is 6. The van der Waals surface area contributed by atoms with E-state index >= 15 is 0 Å². The SMILES string of the molecule is COc1ccc(N(C)C(=O)c2cc(C(F)(F)F)cc(C(F)(F)F)c2)cc1OC. The van der Waals surface area contributed by atoms with Crippen molar-refractivity contribution >= 4 is 11.6 Å². The van der Waals surface area contributed by atoms with Crippen molar-refractivity contribution in [3.8, 4) is 11.5 Å². The molecule has 0 saturated carbocycles. The van der Waals surface area contributed by atoms with Gasteiger partial charge in [-0.05, 0) is 30.3 Å². The van der Waals surface area contributed by atoms with E-state index in [1.807, 2.05) is 0 Å². The van der Waals surface area contributed by atoms with Crippen molar-refractivity contribution < 1.29 is 40.6 Å². The predicted octanol–water partition coefficient (Wildman–Crippen LogP) is 5.02. The van der Waals surface area contributed by atoms with Gasteiger partial charge in [-0.1, -0.05) is 0 Å². The largest absolute Gasteiger partial charge is 0.493 e. The summed E-state index contributed by atoms with van der Waals surface area (Å²) in [6, 6.07) is 4.97. The molecule has 0 N–H and O–H groups in total. The number of ether oxygens (including phenoxy) is 2. The van der Waals surface area contributed by atoms with Crippen LogP contribution in [0.15, 0.2) is 36.4 Å². The third-order valence-electron chi connectivity index (χ3n) is 3.89. The first-order valence-corrected chi connectivity index (χ1v) is 7.68. The maximum atomic E-state index is 13.0. The maximum Gasteiger partial charge on any atom is 0.416 e. The van der Waals surface area contributed by atoms with Crippen molar-refractivity contribution in [2.45, 2.75) is 12.4 Å². The highest BCUT2D eigenvalue weighted by Gasteiger charge is 2.37. The monoisotopic (exact) mass is 407 g/mol. The van der Waals surface area contributed by atoms with Crippen LogP contribution in [0.25, 0.3) is 0 Å². The summed E-state index contributed by atoms with van der Waals surface area (Å²) in [7, 11) is 3.94. The van der Waals surface area contributed by atoms with E-state index in [2.05, 4.69) is 0 Å². The third kappa shape index (κ3) is 4.49. The van der Waals surface area contributed by atoms with E-state index in [9.17, 15) is 31.1 Å². The predicted molar refractivity (Wildman–Crippen MR) is 88.7 cm³/mol. The van der Waals surface area contributed by atoms with Gasteiger partial charge in [0.2, 0.25) is 0 Å². The van der Waals surface area contributed by atoms with Gasteiger partial charge in [0.25, 0.3) is 5.91 Å². The molecule has 0 radical (unpaired) electrons. The molecule has 0 unspecified atom stereocenters. The van der Waals surface area contributed by atoms with Crippen LogP contribution in [0, 0.1) is 0 Å². The number of hydrogen-bond acceptors (Lipinski definition) is 3. The number of anilines is 1. The first kappa shape index (κ1) is 21.4. The van der Waals surface area contributed by atoms with Crippen LogP contribution in [0.2, 0.25) is 0 Å². The Hall–Kier alpha value is -2.91. The molecule has 10 heteroatoms. The van der Waals surface area contributed by atoms with Crippen molar-refractivity contribution in [1.29, 1.82) is 0 Å². The molecule has 0 atom stereocenters. The molecule has 0 saturated heterocycles. The Morgan fingerprint density at radius 1 is 0.821 bits per heavy atom. The lowest BCUT2D eigenvalue weighted by Gasteiger charge is -2.20. The van der Waals surface area contributed by atoms with E-state index in [-0.39, 0.29) is 17.5 Å². The molecule has 152 valence electrons. The van der Waals surface area contributed by atoms with Gasteiger partial charge >= 0.3 is 12.4 Å². The molecule has 1 amide bonds. The Morgan fingerprint density at radius 3 is 1.75 bits per heavy atom. The summed E-state index contributed by atoms with van der Waals surface area (Å²) < 4.78 is 88.0. The zero-order chi connectivity index (χ0) is 21.3. The lowest BCUT2D eigenvalue weighted by molar-refractivity contribution is -0.143. The quantitative estimate of drug-likeness (QED) is 0.669. The molecule has 0 aliphatic rings. The van der Waals surface area contributed by atoms with Crippen LogP contribution in [0.4, 0.5) is 32.0 Å². The molecule has 0 spiro atoms. The fourth-order valence-electron chi connectivity index (χ4n) is 2.42. The third-order valence-corrected chi connectivity index (χ3v) is 3.89. The van der Waals surface area contributed by atoms with Gasteiger partial charge in [-0.15, -0.1) is 0 Å². The highest BCUT2D eigenvalue weighted by Crippen LogP contribution is 2.37. The molecule has 4 nitrogen and oxygen atoms in total. The second kappa shape index (κ2) is 7.61. The van der Waals surface area contributed by atoms with E-state index in [1.54, 1.807) is 0 Å². The number of amides is 1. The first-order valence-electron chi connectivity index (χ1n) is 7.68. The minimum Gasteiger partial charge on any atom is -0.493 e. The number of methoxy groups -OCH3 is 2. The minimum atomic E-state index is -5.04. The van der Waals surface area contributed by atoms with Gasteiger partial charge in [-0.25, -0.2) is 0 Å². The molecular weight excluding hydrogens is 392 g/mol. The smallest absolute Gasteiger partial charge is 0.416 e. The lowest BCUT2D eigenvalue weighted by atomic mass is 10.0. The fraction of sp³-hybridized carbons (Fsp3) is 0.278. The number of nitrogens with zero attached hydrogens (tertiary/aromatic N) is 1. The van der Waals surface area contributed by atoms with Gasteiger partial charge in [0.15, 0.2) is 11.5 Å². The molecule has 2 aromatic rings. The molecule has 2 rings (SSSR count). The summed E-state index contributed by atoms with van der Waals surface area (Å²) in [6.45, 7) is 0. The molecule has 0 heterocycles. The lowest BCUT2D eigenvalue weighted by Crippen LogP contribution is -2.27. The number of carbonyl (C=O) groups excluding carboxylic acids is 1. The van der Waals surface area contributed by atoms with E-state index in [4.69, 9.17) is 9.47 Å². The second-order valence-corrected chi connectivity index (χ2v) is 5.70. The average Bonchev–Trinajstić information content (AvgIpc) is 2.64. The molecule has 0 aliphatic heterocycles. The zero-order valence-electron chi connectivity index (χ0n) is 14.9. The van der Waals surface area contributed by atoms with Gasteiger partial charge in [0.1, 0.15) is 0 Å². The Kier molecular flexibility index (Phi) is 5.81. The summed E-state index contributed by atoms with van der Waals surface area (Å²) >= 11 is 0. The van der Waals surface area contributed by atoms with Crippen molar-refractivity contribution in [2.75, 3.05) is 26.2 Å². The highest BCUT2D eigenvalue weighted by molar-refractivity contribution is 6.06. The van der Waals surface area contributed by atoms with Crippen molar-refractivity contribution in [3.05, 3.63) is 53.1 Å². The van der Waals surface area contributed by atoms with Gasteiger partial charge in [-0.2, -0.15) is 26.3 Å². The van der Waals surface area contributed by atoms with E-state index in [0.717, 1.165) is 4.90 Å². The van der Waals surface area contributed by atoms with E-state index in [0.29, 0.717) is 17.9 Å². The number of hydrogen-bond donors (Lipinski definition) is 0. The van der Waals surface area contributed by atoms with E-state index < -0.39 is 35.0 Å². The van der Waals surface area contributed by atoms with Gasteiger partial charge in [0, 0.05) is 24.4 Å². The van der Waals surface area contributed by atoms with Gasteiger partial charge in [0.05, 0.1) is 25.3 Å². The van der Waals surface area contributed by atoms with Gasteiger partial charge in [-0.3, -0.25) is 4.79 Å². The number of alkyl halides is 6. The maximum absolute atomic E-state index is 13.0. The highest BCUT2D eigenvalue weighted by atomic mass is 19.4. The topological polar surface area (TPSA) is 38.8 Å². The molecule has 2 aromatic carbocycles.